The first-order valence-corrected chi connectivity index (χ1v) is 1.91. The van der Waals surface area contributed by atoms with E-state index in [1.54, 1.807) is 6.92 Å². The Hall–Kier alpha value is -0.770. The molecule has 1 atom stereocenters. The first-order chi connectivity index (χ1) is 3.27. The van der Waals surface area contributed by atoms with Crippen LogP contribution in [0.15, 0.2) is 10.1 Å². The first kappa shape index (κ1) is 6.23. The molecule has 0 fully saturated rings. The zero-order chi connectivity index (χ0) is 5.70. The minimum absolute atomic E-state index is 0.242. The molecule has 0 amide bonds. The van der Waals surface area contributed by atoms with E-state index in [0.717, 1.165) is 6.34 Å². The van der Waals surface area contributed by atoms with Gasteiger partial charge >= 0.3 is 0 Å². The Morgan fingerprint density at radius 2 is 2.43 bits per heavy atom. The highest BCUT2D eigenvalue weighted by Crippen LogP contribution is 1.71. The second kappa shape index (κ2) is 3.42. The Morgan fingerprint density at radius 3 is 2.57 bits per heavy atom. The van der Waals surface area contributed by atoms with Gasteiger partial charge in [-0.15, -0.1) is 5.11 Å². The maximum atomic E-state index is 6.22. The van der Waals surface area contributed by atoms with Gasteiger partial charge in [-0.3, -0.25) is 4.99 Å². The zero-order valence-corrected chi connectivity index (χ0v) is 4.13. The summed E-state index contributed by atoms with van der Waals surface area (Å²) in [6.07, 6.45) is 0.874. The molecular weight excluding hydrogens is 92.1 g/mol. The smallest absolute Gasteiger partial charge is 0.133 e. The Bertz CT molecular complexity index is 75.0. The molecule has 0 saturated carbocycles. The molecular formula is C3H8N4. The molecule has 0 aromatic carbocycles. The third kappa shape index (κ3) is 5.23. The van der Waals surface area contributed by atoms with Crippen molar-refractivity contribution >= 4 is 6.34 Å². The second-order valence-corrected chi connectivity index (χ2v) is 1.13. The number of rotatable bonds is 2. The highest BCUT2D eigenvalue weighted by atomic mass is 15.0. The van der Waals surface area contributed by atoms with Crippen molar-refractivity contribution in [1.29, 1.82) is 5.53 Å². The van der Waals surface area contributed by atoms with Gasteiger partial charge in [0.25, 0.3) is 0 Å². The molecule has 4 nitrogen and oxygen atoms in total. The van der Waals surface area contributed by atoms with Crippen LogP contribution in [0.5, 0.6) is 0 Å². The summed E-state index contributed by atoms with van der Waals surface area (Å²) in [6, 6.07) is 0. The van der Waals surface area contributed by atoms with Crippen molar-refractivity contribution < 1.29 is 0 Å². The molecule has 0 aliphatic rings. The van der Waals surface area contributed by atoms with Gasteiger partial charge in [0.1, 0.15) is 6.34 Å². The largest absolute Gasteiger partial charge is 0.310 e. The fourth-order valence-electron chi connectivity index (χ4n) is 0.138. The predicted octanol–water partition coefficient (Wildman–Crippen LogP) is 0.350. The maximum Gasteiger partial charge on any atom is 0.133 e. The van der Waals surface area contributed by atoms with E-state index in [9.17, 15) is 0 Å². The molecule has 7 heavy (non-hydrogen) atoms. The van der Waals surface area contributed by atoms with Gasteiger partial charge in [0.05, 0.1) is 6.17 Å². The Morgan fingerprint density at radius 1 is 1.86 bits per heavy atom. The molecule has 0 aromatic rings. The predicted molar refractivity (Wildman–Crippen MR) is 27.3 cm³/mol. The lowest BCUT2D eigenvalue weighted by Crippen LogP contribution is -2.10. The van der Waals surface area contributed by atoms with Crippen molar-refractivity contribution in [3.05, 3.63) is 0 Å². The summed E-state index contributed by atoms with van der Waals surface area (Å²) in [4.78, 5) is 3.54. The summed E-state index contributed by atoms with van der Waals surface area (Å²) in [5.41, 5.74) is 11.4. The zero-order valence-electron chi connectivity index (χ0n) is 4.13. The van der Waals surface area contributed by atoms with Gasteiger partial charge in [0.2, 0.25) is 0 Å². The van der Waals surface area contributed by atoms with Crippen molar-refractivity contribution in [3.63, 3.8) is 0 Å². The number of hydrogen-bond acceptors (Lipinski definition) is 3. The minimum atomic E-state index is -0.242. The van der Waals surface area contributed by atoms with Crippen molar-refractivity contribution in [3.8, 4) is 0 Å². The lowest BCUT2D eigenvalue weighted by molar-refractivity contribution is 0.794. The molecule has 1 unspecified atom stereocenters. The van der Waals surface area contributed by atoms with Gasteiger partial charge < -0.3 is 5.73 Å². The normalized spacial score (nSPS) is 14.6. The number of nitrogens with one attached hydrogen (secondary N) is 1. The van der Waals surface area contributed by atoms with E-state index in [1.807, 2.05) is 0 Å². The van der Waals surface area contributed by atoms with Crippen LogP contribution in [0.2, 0.25) is 0 Å². The summed E-state index contributed by atoms with van der Waals surface area (Å²) < 4.78 is 0. The van der Waals surface area contributed by atoms with Gasteiger partial charge in [-0.2, -0.15) is 0 Å². The van der Waals surface area contributed by atoms with Gasteiger partial charge in [-0.1, -0.05) is 0 Å². The summed E-state index contributed by atoms with van der Waals surface area (Å²) in [5, 5.41) is 2.85. The molecule has 0 spiro atoms. The van der Waals surface area contributed by atoms with Crippen LogP contribution in [0.25, 0.3) is 0 Å². The van der Waals surface area contributed by atoms with Crippen LogP contribution in [0, 0.1) is 5.53 Å². The third-order valence-electron chi connectivity index (χ3n) is 0.360. The lowest BCUT2D eigenvalue weighted by Gasteiger charge is -1.88. The molecule has 0 aliphatic heterocycles. The molecule has 0 bridgehead atoms. The summed E-state index contributed by atoms with van der Waals surface area (Å²) in [5.74, 6) is 0. The Kier molecular flexibility index (Phi) is 3.04. The Balaban J connectivity index is 3.25. The maximum absolute atomic E-state index is 6.22. The minimum Gasteiger partial charge on any atom is -0.310 e. The quantitative estimate of drug-likeness (QED) is 0.293. The molecule has 40 valence electrons. The van der Waals surface area contributed by atoms with E-state index in [-0.39, 0.29) is 6.17 Å². The van der Waals surface area contributed by atoms with E-state index in [4.69, 9.17) is 11.3 Å². The van der Waals surface area contributed by atoms with Crippen LogP contribution >= 0.6 is 0 Å². The van der Waals surface area contributed by atoms with E-state index >= 15 is 0 Å². The van der Waals surface area contributed by atoms with Crippen LogP contribution < -0.4 is 5.73 Å². The van der Waals surface area contributed by atoms with Crippen molar-refractivity contribution in [2.45, 2.75) is 13.1 Å². The van der Waals surface area contributed by atoms with Gasteiger partial charge in [0.15, 0.2) is 0 Å². The molecule has 0 aromatic heterocycles. The van der Waals surface area contributed by atoms with Crippen LogP contribution in [-0.4, -0.2) is 12.5 Å². The molecule has 0 heterocycles. The number of nitrogens with two attached hydrogens (primary N) is 1. The standard InChI is InChI=1S/C3H8N4/c1-3(4)6-2-7-5/h2-3,5H,4H2,1H3. The summed E-state index contributed by atoms with van der Waals surface area (Å²) >= 11 is 0. The van der Waals surface area contributed by atoms with Crippen molar-refractivity contribution in [1.82, 2.24) is 0 Å². The number of aliphatic imine (C=N–C) groups is 1. The van der Waals surface area contributed by atoms with Crippen LogP contribution in [0.1, 0.15) is 6.92 Å². The van der Waals surface area contributed by atoms with Crippen molar-refractivity contribution in [2.24, 2.45) is 15.8 Å². The molecule has 3 N–H and O–H groups in total. The first-order valence-electron chi connectivity index (χ1n) is 1.91. The molecule has 0 radical (unpaired) electrons. The van der Waals surface area contributed by atoms with E-state index in [0.29, 0.717) is 0 Å². The van der Waals surface area contributed by atoms with Gasteiger partial charge in [-0.25, -0.2) is 5.53 Å². The average Bonchev–Trinajstić information content (AvgIpc) is 1.61. The van der Waals surface area contributed by atoms with Crippen LogP contribution in [0.4, 0.5) is 0 Å². The number of hydrogen-bond donors (Lipinski definition) is 2. The molecule has 0 saturated heterocycles. The second-order valence-electron chi connectivity index (χ2n) is 1.13. The van der Waals surface area contributed by atoms with Crippen LogP contribution in [0.3, 0.4) is 0 Å². The molecule has 4 heteroatoms. The highest BCUT2D eigenvalue weighted by molar-refractivity contribution is 5.53. The molecule has 0 aliphatic carbocycles. The third-order valence-corrected chi connectivity index (χ3v) is 0.360. The van der Waals surface area contributed by atoms with E-state index in [2.05, 4.69) is 10.1 Å². The van der Waals surface area contributed by atoms with E-state index < -0.39 is 0 Å². The van der Waals surface area contributed by atoms with Crippen molar-refractivity contribution in [2.75, 3.05) is 0 Å². The SMILES string of the molecule is CC(N)N=CN=N. The Labute approximate surface area is 41.9 Å². The lowest BCUT2D eigenvalue weighted by atomic mass is 10.6. The number of nitrogens with zero attached hydrogens (tertiary/aromatic N) is 2. The summed E-state index contributed by atoms with van der Waals surface area (Å²) in [6.45, 7) is 1.71. The van der Waals surface area contributed by atoms with E-state index in [1.165, 1.54) is 0 Å². The fraction of sp³-hybridized carbons (Fsp3) is 0.667. The average molecular weight is 100 g/mol. The van der Waals surface area contributed by atoms with Crippen LogP contribution in [-0.2, 0) is 0 Å². The van der Waals surface area contributed by atoms with Gasteiger partial charge in [0, 0.05) is 0 Å². The molecule has 0 rings (SSSR count). The summed E-state index contributed by atoms with van der Waals surface area (Å²) in [7, 11) is 0. The monoisotopic (exact) mass is 100 g/mol. The fourth-order valence-corrected chi connectivity index (χ4v) is 0.138. The highest BCUT2D eigenvalue weighted by Gasteiger charge is 1.78. The topological polar surface area (TPSA) is 74.6 Å². The van der Waals surface area contributed by atoms with Gasteiger partial charge in [-0.05, 0) is 6.92 Å².